The lowest BCUT2D eigenvalue weighted by Gasteiger charge is -2.47. The maximum Gasteiger partial charge on any atom is 0.227 e. The molecule has 0 amide bonds. The molecular weight excluding hydrogens is 308 g/mol. The second-order valence-electron chi connectivity index (χ2n) is 8.90. The monoisotopic (exact) mass is 334 g/mol. The van der Waals surface area contributed by atoms with Crippen LogP contribution in [0.2, 0.25) is 0 Å². The molecule has 3 heterocycles. The number of pyridine rings is 1. The van der Waals surface area contributed by atoms with E-state index >= 15 is 0 Å². The molecule has 1 aliphatic carbocycles. The van der Waals surface area contributed by atoms with Crippen LogP contribution in [0.1, 0.15) is 46.1 Å². The minimum atomic E-state index is 0.207. The minimum Gasteiger partial charge on any atom is -0.436 e. The van der Waals surface area contributed by atoms with Gasteiger partial charge in [-0.1, -0.05) is 26.0 Å². The highest BCUT2D eigenvalue weighted by Gasteiger charge is 2.62. The summed E-state index contributed by atoms with van der Waals surface area (Å²) in [5.74, 6) is 0.764. The van der Waals surface area contributed by atoms with Crippen LogP contribution in [0.5, 0.6) is 0 Å². The average Bonchev–Trinajstić information content (AvgIpc) is 3.11. The SMILES string of the molecule is Cc1ccc2c(oc3ncccc32)c1N1[C@@H](C)C2(C)CC1(C)CC2C. The first-order valence-electron chi connectivity index (χ1n) is 9.41. The normalized spacial score (nSPS) is 34.5. The molecule has 0 N–H and O–H groups in total. The van der Waals surface area contributed by atoms with Gasteiger partial charge in [0.15, 0.2) is 5.58 Å². The van der Waals surface area contributed by atoms with E-state index in [1.807, 2.05) is 12.3 Å². The van der Waals surface area contributed by atoms with E-state index in [0.717, 1.165) is 22.6 Å². The maximum absolute atomic E-state index is 6.28. The van der Waals surface area contributed by atoms with Gasteiger partial charge in [0.2, 0.25) is 5.71 Å². The standard InChI is InChI=1S/C22H26N2O/c1-13-8-9-16-17-7-6-10-23-20(17)25-19(16)18(13)24-15(3)22(5)12-21(24,4)11-14(22)2/h6-10,14-15H,11-12H2,1-5H3/t14?,15-,21?,22?/m0/s1. The summed E-state index contributed by atoms with van der Waals surface area (Å²) in [6.07, 6.45) is 4.32. The molecule has 2 aromatic heterocycles. The van der Waals surface area contributed by atoms with Gasteiger partial charge in [-0.3, -0.25) is 0 Å². The largest absolute Gasteiger partial charge is 0.436 e. The van der Waals surface area contributed by atoms with E-state index in [1.54, 1.807) is 0 Å². The first-order valence-corrected chi connectivity index (χ1v) is 9.41. The number of furan rings is 1. The van der Waals surface area contributed by atoms with Gasteiger partial charge in [-0.25, -0.2) is 4.98 Å². The fourth-order valence-electron chi connectivity index (χ4n) is 5.99. The van der Waals surface area contributed by atoms with Crippen LogP contribution in [0, 0.1) is 18.3 Å². The Hall–Kier alpha value is -2.03. The molecule has 3 heteroatoms. The molecule has 25 heavy (non-hydrogen) atoms. The summed E-state index contributed by atoms with van der Waals surface area (Å²) < 4.78 is 6.28. The van der Waals surface area contributed by atoms with E-state index < -0.39 is 0 Å². The van der Waals surface area contributed by atoms with Crippen molar-refractivity contribution in [1.29, 1.82) is 0 Å². The van der Waals surface area contributed by atoms with Gasteiger partial charge in [-0.2, -0.15) is 0 Å². The quantitative estimate of drug-likeness (QED) is 0.572. The maximum atomic E-state index is 6.28. The molecule has 3 aromatic rings. The molecular formula is C22H26N2O. The van der Waals surface area contributed by atoms with Crippen LogP contribution in [-0.4, -0.2) is 16.6 Å². The zero-order chi connectivity index (χ0) is 17.6. The lowest BCUT2D eigenvalue weighted by Crippen LogP contribution is -2.51. The lowest BCUT2D eigenvalue weighted by molar-refractivity contribution is 0.200. The van der Waals surface area contributed by atoms with Crippen LogP contribution in [0.3, 0.4) is 0 Å². The summed E-state index contributed by atoms with van der Waals surface area (Å²) in [5.41, 5.74) is 4.90. The molecule has 1 aliphatic heterocycles. The Labute approximate surface area is 149 Å². The summed E-state index contributed by atoms with van der Waals surface area (Å²) in [6, 6.07) is 9.03. The number of hydrogen-bond donors (Lipinski definition) is 0. The summed E-state index contributed by atoms with van der Waals surface area (Å²) in [7, 11) is 0. The predicted octanol–water partition coefficient (Wildman–Crippen LogP) is 5.69. The molecule has 4 atom stereocenters. The van der Waals surface area contributed by atoms with Crippen LogP contribution in [0.15, 0.2) is 34.9 Å². The van der Waals surface area contributed by atoms with Crippen molar-refractivity contribution in [2.45, 2.75) is 59.0 Å². The Kier molecular flexibility index (Phi) is 2.79. The van der Waals surface area contributed by atoms with E-state index in [0.29, 0.717) is 11.5 Å². The van der Waals surface area contributed by atoms with Crippen LogP contribution < -0.4 is 4.90 Å². The summed E-state index contributed by atoms with van der Waals surface area (Å²) in [6.45, 7) is 12.0. The highest BCUT2D eigenvalue weighted by atomic mass is 16.3. The third-order valence-corrected chi connectivity index (χ3v) is 7.39. The van der Waals surface area contributed by atoms with E-state index in [2.05, 4.69) is 62.7 Å². The van der Waals surface area contributed by atoms with Crippen molar-refractivity contribution in [3.05, 3.63) is 36.0 Å². The first-order chi connectivity index (χ1) is 11.8. The van der Waals surface area contributed by atoms with Crippen molar-refractivity contribution in [2.75, 3.05) is 4.90 Å². The van der Waals surface area contributed by atoms with Crippen molar-refractivity contribution >= 4 is 27.8 Å². The first kappa shape index (κ1) is 15.2. The fourth-order valence-corrected chi connectivity index (χ4v) is 5.99. The van der Waals surface area contributed by atoms with Gasteiger partial charge in [-0.05, 0) is 62.6 Å². The number of nitrogens with zero attached hydrogens (tertiary/aromatic N) is 2. The molecule has 2 fully saturated rings. The van der Waals surface area contributed by atoms with Crippen LogP contribution in [0.4, 0.5) is 5.69 Å². The fraction of sp³-hybridized carbons (Fsp3) is 0.500. The third-order valence-electron chi connectivity index (χ3n) is 7.39. The number of hydrogen-bond acceptors (Lipinski definition) is 3. The van der Waals surface area contributed by atoms with E-state index in [1.165, 1.54) is 29.5 Å². The predicted molar refractivity (Wildman–Crippen MR) is 103 cm³/mol. The van der Waals surface area contributed by atoms with Crippen LogP contribution >= 0.6 is 0 Å². The number of anilines is 1. The van der Waals surface area contributed by atoms with Crippen molar-refractivity contribution in [3.63, 3.8) is 0 Å². The molecule has 5 rings (SSSR count). The van der Waals surface area contributed by atoms with Gasteiger partial charge < -0.3 is 9.32 Å². The Bertz CT molecular complexity index is 1010. The van der Waals surface area contributed by atoms with Gasteiger partial charge in [0.1, 0.15) is 0 Å². The highest BCUT2D eigenvalue weighted by Crippen LogP contribution is 2.62. The lowest BCUT2D eigenvalue weighted by atomic mass is 9.75. The number of piperidine rings is 1. The minimum absolute atomic E-state index is 0.207. The molecule has 2 aliphatic rings. The van der Waals surface area contributed by atoms with Gasteiger partial charge in [0.05, 0.1) is 5.69 Å². The Morgan fingerprint density at radius 2 is 1.96 bits per heavy atom. The summed E-state index contributed by atoms with van der Waals surface area (Å²) in [5, 5.41) is 2.29. The van der Waals surface area contributed by atoms with Gasteiger partial charge in [0, 0.05) is 28.6 Å². The molecule has 3 nitrogen and oxygen atoms in total. The zero-order valence-corrected chi connectivity index (χ0v) is 15.8. The molecule has 2 bridgehead atoms. The summed E-state index contributed by atoms with van der Waals surface area (Å²) in [4.78, 5) is 7.11. The zero-order valence-electron chi connectivity index (χ0n) is 15.8. The second kappa shape index (κ2) is 4.57. The Balaban J connectivity index is 1.80. The Morgan fingerprint density at radius 1 is 1.16 bits per heavy atom. The molecule has 1 saturated heterocycles. The molecule has 1 saturated carbocycles. The average molecular weight is 334 g/mol. The molecule has 3 unspecified atom stereocenters. The number of fused-ring (bicyclic) bond motifs is 5. The van der Waals surface area contributed by atoms with E-state index in [4.69, 9.17) is 4.42 Å². The van der Waals surface area contributed by atoms with Gasteiger partial charge in [-0.15, -0.1) is 0 Å². The number of aryl methyl sites for hydroxylation is 1. The van der Waals surface area contributed by atoms with Crippen molar-refractivity contribution in [1.82, 2.24) is 4.98 Å². The third kappa shape index (κ3) is 1.74. The molecule has 1 aromatic carbocycles. The van der Waals surface area contributed by atoms with Crippen LogP contribution in [0.25, 0.3) is 22.1 Å². The second-order valence-corrected chi connectivity index (χ2v) is 8.90. The molecule has 130 valence electrons. The van der Waals surface area contributed by atoms with E-state index in [9.17, 15) is 0 Å². The number of benzene rings is 1. The smallest absolute Gasteiger partial charge is 0.227 e. The van der Waals surface area contributed by atoms with Gasteiger partial charge in [0.25, 0.3) is 0 Å². The van der Waals surface area contributed by atoms with Crippen molar-refractivity contribution in [2.24, 2.45) is 11.3 Å². The highest BCUT2D eigenvalue weighted by molar-refractivity contribution is 6.08. The van der Waals surface area contributed by atoms with E-state index in [-0.39, 0.29) is 5.54 Å². The molecule has 0 radical (unpaired) electrons. The van der Waals surface area contributed by atoms with Crippen molar-refractivity contribution < 1.29 is 4.42 Å². The molecule has 0 spiro atoms. The number of aromatic nitrogens is 1. The van der Waals surface area contributed by atoms with Crippen molar-refractivity contribution in [3.8, 4) is 0 Å². The van der Waals surface area contributed by atoms with Gasteiger partial charge >= 0.3 is 0 Å². The Morgan fingerprint density at radius 3 is 2.68 bits per heavy atom. The summed E-state index contributed by atoms with van der Waals surface area (Å²) >= 11 is 0. The topological polar surface area (TPSA) is 29.3 Å². The van der Waals surface area contributed by atoms with Crippen LogP contribution in [-0.2, 0) is 0 Å². The number of rotatable bonds is 1.